The smallest absolute Gasteiger partial charge is 0.139 e. The third kappa shape index (κ3) is 3.82. The van der Waals surface area contributed by atoms with Crippen LogP contribution in [0.4, 0.5) is 0 Å². The van der Waals surface area contributed by atoms with Crippen molar-refractivity contribution in [3.63, 3.8) is 0 Å². The van der Waals surface area contributed by atoms with E-state index in [1.807, 2.05) is 6.21 Å². The highest BCUT2D eigenvalue weighted by Crippen LogP contribution is 2.10. The van der Waals surface area contributed by atoms with E-state index in [0.717, 1.165) is 0 Å². The lowest BCUT2D eigenvalue weighted by atomic mass is 9.95. The SMILES string of the molecule is Bc1ccc(I)c(/C=N/C(C)(C)C)c1. The number of hydrogen-bond donors (Lipinski definition) is 0. The molecule has 0 unspecified atom stereocenters. The van der Waals surface area contributed by atoms with E-state index in [9.17, 15) is 0 Å². The summed E-state index contributed by atoms with van der Waals surface area (Å²) in [5.41, 5.74) is 2.49. The maximum Gasteiger partial charge on any atom is 0.139 e. The molecule has 0 atom stereocenters. The second kappa shape index (κ2) is 4.47. The Labute approximate surface area is 101 Å². The zero-order valence-corrected chi connectivity index (χ0v) is 11.3. The van der Waals surface area contributed by atoms with Gasteiger partial charge >= 0.3 is 0 Å². The van der Waals surface area contributed by atoms with Crippen molar-refractivity contribution in [2.75, 3.05) is 0 Å². The van der Waals surface area contributed by atoms with Crippen molar-refractivity contribution in [2.24, 2.45) is 4.99 Å². The molecule has 1 aromatic carbocycles. The van der Waals surface area contributed by atoms with Crippen LogP contribution in [-0.2, 0) is 0 Å². The summed E-state index contributed by atoms with van der Waals surface area (Å²) in [5, 5.41) is 0. The topological polar surface area (TPSA) is 12.4 Å². The van der Waals surface area contributed by atoms with E-state index in [0.29, 0.717) is 0 Å². The zero-order chi connectivity index (χ0) is 10.8. The van der Waals surface area contributed by atoms with E-state index in [4.69, 9.17) is 0 Å². The Bertz CT molecular complexity index is 353. The summed E-state index contributed by atoms with van der Waals surface area (Å²) < 4.78 is 1.25. The predicted molar refractivity (Wildman–Crippen MR) is 74.7 cm³/mol. The molecule has 0 radical (unpaired) electrons. The Morgan fingerprint density at radius 2 is 2.00 bits per heavy atom. The first-order valence-corrected chi connectivity index (χ1v) is 5.78. The molecule has 0 bridgehead atoms. The Hall–Kier alpha value is -0.315. The summed E-state index contributed by atoms with van der Waals surface area (Å²) in [6, 6.07) is 6.41. The summed E-state index contributed by atoms with van der Waals surface area (Å²) in [4.78, 5) is 4.50. The van der Waals surface area contributed by atoms with Crippen LogP contribution in [0.5, 0.6) is 0 Å². The Morgan fingerprint density at radius 3 is 2.57 bits per heavy atom. The molecular formula is C11H15BIN. The zero-order valence-electron chi connectivity index (χ0n) is 9.13. The molecule has 0 fully saturated rings. The summed E-state index contributed by atoms with van der Waals surface area (Å²) >= 11 is 2.34. The molecule has 0 amide bonds. The number of hydrogen-bond acceptors (Lipinski definition) is 1. The summed E-state index contributed by atoms with van der Waals surface area (Å²) in [7, 11) is 2.10. The fourth-order valence-electron chi connectivity index (χ4n) is 1.03. The van der Waals surface area contributed by atoms with Crippen LogP contribution < -0.4 is 5.46 Å². The minimum absolute atomic E-state index is 0.00677. The molecule has 0 saturated carbocycles. The fourth-order valence-corrected chi connectivity index (χ4v) is 1.50. The highest BCUT2D eigenvalue weighted by atomic mass is 127. The van der Waals surface area contributed by atoms with Gasteiger partial charge in [-0.05, 0) is 49.4 Å². The van der Waals surface area contributed by atoms with Crippen molar-refractivity contribution in [2.45, 2.75) is 26.3 Å². The van der Waals surface area contributed by atoms with Gasteiger partial charge < -0.3 is 0 Å². The molecule has 74 valence electrons. The highest BCUT2D eigenvalue weighted by Gasteiger charge is 2.05. The van der Waals surface area contributed by atoms with Crippen LogP contribution in [0.3, 0.4) is 0 Å². The van der Waals surface area contributed by atoms with Gasteiger partial charge in [0, 0.05) is 15.3 Å². The lowest BCUT2D eigenvalue weighted by Gasteiger charge is -2.11. The van der Waals surface area contributed by atoms with Crippen LogP contribution >= 0.6 is 22.6 Å². The largest absolute Gasteiger partial charge is 0.287 e. The third-order valence-electron chi connectivity index (χ3n) is 1.74. The van der Waals surface area contributed by atoms with Gasteiger partial charge in [0.1, 0.15) is 7.85 Å². The van der Waals surface area contributed by atoms with E-state index in [1.165, 1.54) is 14.6 Å². The van der Waals surface area contributed by atoms with Gasteiger partial charge in [0.2, 0.25) is 0 Å². The molecule has 1 aromatic rings. The van der Waals surface area contributed by atoms with Gasteiger partial charge in [-0.25, -0.2) is 0 Å². The minimum atomic E-state index is 0.00677. The number of halogens is 1. The van der Waals surface area contributed by atoms with Gasteiger partial charge in [-0.15, -0.1) is 0 Å². The van der Waals surface area contributed by atoms with Crippen LogP contribution in [-0.4, -0.2) is 19.6 Å². The Morgan fingerprint density at radius 1 is 1.36 bits per heavy atom. The molecule has 0 saturated heterocycles. The predicted octanol–water partition coefficient (Wildman–Crippen LogP) is 1.77. The van der Waals surface area contributed by atoms with Gasteiger partial charge in [0.15, 0.2) is 0 Å². The molecule has 0 heterocycles. The molecule has 1 rings (SSSR count). The van der Waals surface area contributed by atoms with Gasteiger partial charge in [0.05, 0.1) is 5.54 Å². The molecule has 0 aliphatic carbocycles. The van der Waals surface area contributed by atoms with Crippen LogP contribution in [0.2, 0.25) is 0 Å². The highest BCUT2D eigenvalue weighted by molar-refractivity contribution is 14.1. The maximum absolute atomic E-state index is 4.50. The molecule has 0 aliphatic heterocycles. The Balaban J connectivity index is 2.97. The van der Waals surface area contributed by atoms with Gasteiger partial charge in [-0.2, -0.15) is 0 Å². The number of nitrogens with zero attached hydrogens (tertiary/aromatic N) is 1. The summed E-state index contributed by atoms with van der Waals surface area (Å²) in [5.74, 6) is 0. The molecule has 0 aromatic heterocycles. The summed E-state index contributed by atoms with van der Waals surface area (Å²) in [6.45, 7) is 6.31. The monoisotopic (exact) mass is 299 g/mol. The second-order valence-corrected chi connectivity index (χ2v) is 5.62. The molecule has 0 aliphatic rings. The van der Waals surface area contributed by atoms with E-state index < -0.39 is 0 Å². The first-order chi connectivity index (χ1) is 6.38. The maximum atomic E-state index is 4.50. The average Bonchev–Trinajstić information content (AvgIpc) is 2.05. The van der Waals surface area contributed by atoms with Crippen molar-refractivity contribution in [1.82, 2.24) is 0 Å². The number of benzene rings is 1. The van der Waals surface area contributed by atoms with Gasteiger partial charge in [0.25, 0.3) is 0 Å². The van der Waals surface area contributed by atoms with Gasteiger partial charge in [-0.3, -0.25) is 4.99 Å². The van der Waals surface area contributed by atoms with Crippen molar-refractivity contribution < 1.29 is 0 Å². The van der Waals surface area contributed by atoms with Crippen molar-refractivity contribution in [3.05, 3.63) is 27.3 Å². The van der Waals surface area contributed by atoms with E-state index in [1.54, 1.807) is 0 Å². The van der Waals surface area contributed by atoms with Crippen LogP contribution in [0, 0.1) is 3.57 Å². The molecule has 1 nitrogen and oxygen atoms in total. The van der Waals surface area contributed by atoms with Crippen molar-refractivity contribution >= 4 is 42.1 Å². The first-order valence-electron chi connectivity index (χ1n) is 4.70. The van der Waals surface area contributed by atoms with Crippen LogP contribution in [0.25, 0.3) is 0 Å². The van der Waals surface area contributed by atoms with Crippen LogP contribution in [0.15, 0.2) is 23.2 Å². The lowest BCUT2D eigenvalue weighted by Crippen LogP contribution is -2.11. The molecule has 0 spiro atoms. The number of rotatable bonds is 1. The molecular weight excluding hydrogens is 284 g/mol. The third-order valence-corrected chi connectivity index (χ3v) is 2.72. The Kier molecular flexibility index (Phi) is 3.75. The summed E-state index contributed by atoms with van der Waals surface area (Å²) in [6.07, 6.45) is 1.97. The standard InChI is InChI=1S/C11H15BIN/c1-11(2,3)14-7-8-6-9(12)4-5-10(8)13/h4-7H,12H2,1-3H3/b14-7+. The van der Waals surface area contributed by atoms with Crippen LogP contribution in [0.1, 0.15) is 26.3 Å². The lowest BCUT2D eigenvalue weighted by molar-refractivity contribution is 0.586. The average molecular weight is 299 g/mol. The van der Waals surface area contributed by atoms with E-state index >= 15 is 0 Å². The van der Waals surface area contributed by atoms with Gasteiger partial charge in [-0.1, -0.05) is 17.6 Å². The first kappa shape index (κ1) is 11.8. The second-order valence-electron chi connectivity index (χ2n) is 4.45. The van der Waals surface area contributed by atoms with E-state index in [-0.39, 0.29) is 5.54 Å². The fraction of sp³-hybridized carbons (Fsp3) is 0.364. The van der Waals surface area contributed by atoms with Crippen molar-refractivity contribution in [3.8, 4) is 0 Å². The minimum Gasteiger partial charge on any atom is -0.287 e. The normalized spacial score (nSPS) is 12.3. The molecule has 14 heavy (non-hydrogen) atoms. The molecule has 0 N–H and O–H groups in total. The molecule has 3 heteroatoms. The van der Waals surface area contributed by atoms with E-state index in [2.05, 4.69) is 74.4 Å². The quantitative estimate of drug-likeness (QED) is 0.426. The number of aliphatic imine (C=N–C) groups is 1. The van der Waals surface area contributed by atoms with Crippen molar-refractivity contribution in [1.29, 1.82) is 0 Å².